The monoisotopic (exact) mass is 275 g/mol. The van der Waals surface area contributed by atoms with E-state index >= 15 is 0 Å². The highest BCUT2D eigenvalue weighted by atomic mass is 32.2. The van der Waals surface area contributed by atoms with E-state index in [0.29, 0.717) is 23.8 Å². The third kappa shape index (κ3) is 2.37. The SMILES string of the molecule is Cc1ncc(S(=O)(=O)N2CCC(C)(CN)C2)s1. The zero-order valence-electron chi connectivity index (χ0n) is 10.0. The van der Waals surface area contributed by atoms with Crippen LogP contribution in [0.3, 0.4) is 0 Å². The largest absolute Gasteiger partial charge is 0.330 e. The Kier molecular flexibility index (Phi) is 3.28. The Morgan fingerprint density at radius 1 is 1.65 bits per heavy atom. The van der Waals surface area contributed by atoms with Crippen molar-refractivity contribution in [3.8, 4) is 0 Å². The number of hydrogen-bond acceptors (Lipinski definition) is 5. The first-order chi connectivity index (χ1) is 7.87. The molecule has 1 aliphatic heterocycles. The molecule has 1 atom stereocenters. The van der Waals surface area contributed by atoms with Gasteiger partial charge in [-0.2, -0.15) is 4.31 Å². The molecule has 0 saturated carbocycles. The first kappa shape index (κ1) is 12.9. The number of rotatable bonds is 3. The van der Waals surface area contributed by atoms with Crippen molar-refractivity contribution < 1.29 is 8.42 Å². The van der Waals surface area contributed by atoms with Crippen molar-refractivity contribution in [1.82, 2.24) is 9.29 Å². The molecule has 1 unspecified atom stereocenters. The van der Waals surface area contributed by atoms with Gasteiger partial charge >= 0.3 is 0 Å². The molecule has 1 fully saturated rings. The number of aromatic nitrogens is 1. The molecule has 96 valence electrons. The zero-order valence-corrected chi connectivity index (χ0v) is 11.6. The standard InChI is InChI=1S/C10H17N3O2S2/c1-8-12-5-9(16-8)17(14,15)13-4-3-10(2,6-11)7-13/h5H,3-4,6-7,11H2,1-2H3. The molecule has 0 spiro atoms. The van der Waals surface area contributed by atoms with Gasteiger partial charge in [-0.15, -0.1) is 11.3 Å². The Balaban J connectivity index is 2.24. The van der Waals surface area contributed by atoms with Crippen LogP contribution in [0.4, 0.5) is 0 Å². The summed E-state index contributed by atoms with van der Waals surface area (Å²) < 4.78 is 26.5. The molecule has 1 aromatic heterocycles. The number of aryl methyl sites for hydroxylation is 1. The van der Waals surface area contributed by atoms with Gasteiger partial charge in [-0.05, 0) is 25.3 Å². The van der Waals surface area contributed by atoms with Crippen molar-refractivity contribution in [2.45, 2.75) is 24.5 Å². The zero-order chi connectivity index (χ0) is 12.7. The van der Waals surface area contributed by atoms with Crippen LogP contribution in [0.1, 0.15) is 18.4 Å². The second-order valence-electron chi connectivity index (χ2n) is 4.80. The molecule has 17 heavy (non-hydrogen) atoms. The summed E-state index contributed by atoms with van der Waals surface area (Å²) >= 11 is 1.22. The number of sulfonamides is 1. The number of nitrogens with two attached hydrogens (primary N) is 1. The predicted molar refractivity (Wildman–Crippen MR) is 67.4 cm³/mol. The molecule has 2 N–H and O–H groups in total. The summed E-state index contributed by atoms with van der Waals surface area (Å²) in [6.45, 7) is 5.40. The predicted octanol–water partition coefficient (Wildman–Crippen LogP) is 0.811. The van der Waals surface area contributed by atoms with Crippen LogP contribution in [-0.4, -0.2) is 37.3 Å². The Hall–Kier alpha value is -0.500. The first-order valence-corrected chi connectivity index (χ1v) is 7.76. The fraction of sp³-hybridized carbons (Fsp3) is 0.700. The maximum absolute atomic E-state index is 12.3. The lowest BCUT2D eigenvalue weighted by Crippen LogP contribution is -2.34. The minimum atomic E-state index is -3.37. The van der Waals surface area contributed by atoms with Gasteiger partial charge in [0.05, 0.1) is 11.2 Å². The van der Waals surface area contributed by atoms with Crippen molar-refractivity contribution in [3.05, 3.63) is 11.2 Å². The Bertz CT molecular complexity index is 511. The first-order valence-electron chi connectivity index (χ1n) is 5.50. The molecule has 0 amide bonds. The highest BCUT2D eigenvalue weighted by Gasteiger charge is 2.39. The number of nitrogens with zero attached hydrogens (tertiary/aromatic N) is 2. The summed E-state index contributed by atoms with van der Waals surface area (Å²) in [5.74, 6) is 0. The topological polar surface area (TPSA) is 76.3 Å². The molecule has 0 aliphatic carbocycles. The minimum Gasteiger partial charge on any atom is -0.330 e. The Morgan fingerprint density at radius 3 is 2.82 bits per heavy atom. The minimum absolute atomic E-state index is 0.0905. The lowest BCUT2D eigenvalue weighted by molar-refractivity contribution is 0.350. The highest BCUT2D eigenvalue weighted by molar-refractivity contribution is 7.91. The van der Waals surface area contributed by atoms with E-state index in [2.05, 4.69) is 4.98 Å². The van der Waals surface area contributed by atoms with E-state index in [9.17, 15) is 8.42 Å². The second-order valence-corrected chi connectivity index (χ2v) is 8.20. The van der Waals surface area contributed by atoms with E-state index in [1.807, 2.05) is 6.92 Å². The molecule has 0 bridgehead atoms. The van der Waals surface area contributed by atoms with Gasteiger partial charge in [0.2, 0.25) is 0 Å². The average Bonchev–Trinajstić information content (AvgIpc) is 2.86. The molecule has 1 aliphatic rings. The molecule has 0 radical (unpaired) electrons. The molecule has 1 aromatic rings. The van der Waals surface area contributed by atoms with Crippen LogP contribution >= 0.6 is 11.3 Å². The quantitative estimate of drug-likeness (QED) is 0.885. The summed E-state index contributed by atoms with van der Waals surface area (Å²) in [4.78, 5) is 4.00. The molecular weight excluding hydrogens is 258 g/mol. The van der Waals surface area contributed by atoms with E-state index in [4.69, 9.17) is 5.73 Å². The maximum Gasteiger partial charge on any atom is 0.254 e. The van der Waals surface area contributed by atoms with Crippen LogP contribution < -0.4 is 5.73 Å². The van der Waals surface area contributed by atoms with E-state index < -0.39 is 10.0 Å². The van der Waals surface area contributed by atoms with Crippen molar-refractivity contribution in [2.75, 3.05) is 19.6 Å². The van der Waals surface area contributed by atoms with Crippen molar-refractivity contribution >= 4 is 21.4 Å². The molecule has 2 heterocycles. The Morgan fingerprint density at radius 2 is 2.35 bits per heavy atom. The van der Waals surface area contributed by atoms with Gasteiger partial charge in [-0.25, -0.2) is 13.4 Å². The van der Waals surface area contributed by atoms with Gasteiger partial charge < -0.3 is 5.73 Å². The van der Waals surface area contributed by atoms with Gasteiger partial charge in [0, 0.05) is 13.1 Å². The van der Waals surface area contributed by atoms with Crippen LogP contribution in [0.15, 0.2) is 10.4 Å². The van der Waals surface area contributed by atoms with E-state index in [1.165, 1.54) is 21.8 Å². The molecule has 5 nitrogen and oxygen atoms in total. The normalized spacial score (nSPS) is 26.5. The van der Waals surface area contributed by atoms with E-state index in [0.717, 1.165) is 11.4 Å². The van der Waals surface area contributed by atoms with Crippen molar-refractivity contribution in [2.24, 2.45) is 11.1 Å². The van der Waals surface area contributed by atoms with E-state index in [-0.39, 0.29) is 5.41 Å². The van der Waals surface area contributed by atoms with Crippen molar-refractivity contribution in [1.29, 1.82) is 0 Å². The third-order valence-corrected chi connectivity index (χ3v) is 6.40. The van der Waals surface area contributed by atoms with Crippen LogP contribution in [0.5, 0.6) is 0 Å². The summed E-state index contributed by atoms with van der Waals surface area (Å²) in [6, 6.07) is 0. The second kappa shape index (κ2) is 4.31. The molecule has 1 saturated heterocycles. The van der Waals surface area contributed by atoms with Gasteiger partial charge in [0.25, 0.3) is 10.0 Å². The number of hydrogen-bond donors (Lipinski definition) is 1. The van der Waals surface area contributed by atoms with Crippen LogP contribution in [0.25, 0.3) is 0 Å². The van der Waals surface area contributed by atoms with Gasteiger partial charge in [-0.3, -0.25) is 0 Å². The molecule has 0 aromatic carbocycles. The average molecular weight is 275 g/mol. The number of thiazole rings is 1. The lowest BCUT2D eigenvalue weighted by Gasteiger charge is -2.21. The lowest BCUT2D eigenvalue weighted by atomic mass is 9.90. The maximum atomic E-state index is 12.3. The highest BCUT2D eigenvalue weighted by Crippen LogP contribution is 2.33. The summed E-state index contributed by atoms with van der Waals surface area (Å²) in [5.41, 5.74) is 5.59. The fourth-order valence-electron chi connectivity index (χ4n) is 1.94. The van der Waals surface area contributed by atoms with Crippen LogP contribution in [0.2, 0.25) is 0 Å². The van der Waals surface area contributed by atoms with Crippen LogP contribution in [-0.2, 0) is 10.0 Å². The van der Waals surface area contributed by atoms with Crippen molar-refractivity contribution in [3.63, 3.8) is 0 Å². The van der Waals surface area contributed by atoms with Crippen LogP contribution in [0, 0.1) is 12.3 Å². The third-order valence-electron chi connectivity index (χ3n) is 3.21. The van der Waals surface area contributed by atoms with Gasteiger partial charge in [-0.1, -0.05) is 6.92 Å². The molecular formula is C10H17N3O2S2. The van der Waals surface area contributed by atoms with E-state index in [1.54, 1.807) is 6.92 Å². The van der Waals surface area contributed by atoms with Gasteiger partial charge in [0.1, 0.15) is 0 Å². The smallest absolute Gasteiger partial charge is 0.254 e. The summed E-state index contributed by atoms with van der Waals surface area (Å²) in [5, 5.41) is 0.768. The molecule has 2 rings (SSSR count). The fourth-order valence-corrected chi connectivity index (χ4v) is 4.79. The van der Waals surface area contributed by atoms with Gasteiger partial charge in [0.15, 0.2) is 4.21 Å². The molecule has 7 heteroatoms. The Labute approximate surface area is 106 Å². The summed E-state index contributed by atoms with van der Waals surface area (Å²) in [7, 11) is -3.37. The summed E-state index contributed by atoms with van der Waals surface area (Å²) in [6.07, 6.45) is 2.26.